The Kier molecular flexibility index (Phi) is 5.41. The Morgan fingerprint density at radius 1 is 1.00 bits per heavy atom. The molecule has 2 aromatic carbocycles. The molecule has 1 aromatic heterocycles. The largest absolute Gasteiger partial charge is 0.491 e. The smallest absolute Gasteiger partial charge is 0.236 e. The van der Waals surface area contributed by atoms with Crippen molar-refractivity contribution in [1.82, 2.24) is 9.71 Å². The van der Waals surface area contributed by atoms with Gasteiger partial charge in [-0.2, -0.15) is 0 Å². The molecular formula is C22H22N2O3S. The first-order valence-electron chi connectivity index (χ1n) is 9.38. The lowest BCUT2D eigenvalue weighted by atomic mass is 9.98. The zero-order valence-corrected chi connectivity index (χ0v) is 16.3. The van der Waals surface area contributed by atoms with Crippen LogP contribution in [0.15, 0.2) is 65.7 Å². The number of fused-ring (bicyclic) bond motifs is 2. The highest BCUT2D eigenvalue weighted by atomic mass is 32.2. The molecule has 144 valence electrons. The summed E-state index contributed by atoms with van der Waals surface area (Å²) in [7, 11) is -3.46. The van der Waals surface area contributed by atoms with Gasteiger partial charge in [0, 0.05) is 18.1 Å². The van der Waals surface area contributed by atoms with Crippen LogP contribution in [0.4, 0.5) is 0 Å². The summed E-state index contributed by atoms with van der Waals surface area (Å²) in [6.45, 7) is 0.750. The van der Waals surface area contributed by atoms with Gasteiger partial charge in [-0.3, -0.25) is 4.98 Å². The molecule has 0 radical (unpaired) electrons. The third kappa shape index (κ3) is 4.08. The van der Waals surface area contributed by atoms with Gasteiger partial charge in [0.1, 0.15) is 11.3 Å². The van der Waals surface area contributed by atoms with Gasteiger partial charge in [-0.05, 0) is 48.6 Å². The van der Waals surface area contributed by atoms with Gasteiger partial charge in [-0.1, -0.05) is 42.5 Å². The number of hydrogen-bond acceptors (Lipinski definition) is 4. The summed E-state index contributed by atoms with van der Waals surface area (Å²) in [4.78, 5) is 4.80. The number of nitrogens with zero attached hydrogens (tertiary/aromatic N) is 1. The molecule has 0 amide bonds. The number of para-hydroxylation sites is 1. The maximum absolute atomic E-state index is 12.6. The summed E-state index contributed by atoms with van der Waals surface area (Å²) < 4.78 is 33.7. The van der Waals surface area contributed by atoms with Gasteiger partial charge < -0.3 is 4.74 Å². The van der Waals surface area contributed by atoms with Crippen LogP contribution in [0.25, 0.3) is 17.0 Å². The van der Waals surface area contributed by atoms with Crippen LogP contribution >= 0.6 is 0 Å². The van der Waals surface area contributed by atoms with Crippen molar-refractivity contribution in [3.8, 4) is 5.75 Å². The van der Waals surface area contributed by atoms with Crippen molar-refractivity contribution < 1.29 is 13.2 Å². The molecule has 0 fully saturated rings. The van der Waals surface area contributed by atoms with E-state index < -0.39 is 10.0 Å². The van der Waals surface area contributed by atoms with Gasteiger partial charge in [0.2, 0.25) is 10.0 Å². The number of pyridine rings is 1. The first kappa shape index (κ1) is 18.7. The number of aromatic nitrogens is 1. The lowest BCUT2D eigenvalue weighted by molar-refractivity contribution is 0.314. The van der Waals surface area contributed by atoms with Crippen LogP contribution in [0, 0.1) is 0 Å². The van der Waals surface area contributed by atoms with Crippen molar-refractivity contribution in [2.45, 2.75) is 19.3 Å². The minimum atomic E-state index is -3.46. The summed E-state index contributed by atoms with van der Waals surface area (Å²) in [5.74, 6) is 0.715. The number of sulfonamides is 1. The van der Waals surface area contributed by atoms with Gasteiger partial charge in [-0.15, -0.1) is 0 Å². The number of aryl methyl sites for hydroxylation is 1. The average Bonchev–Trinajstić information content (AvgIpc) is 2.73. The van der Waals surface area contributed by atoms with E-state index in [1.165, 1.54) is 5.56 Å². The van der Waals surface area contributed by atoms with E-state index in [2.05, 4.69) is 9.71 Å². The molecule has 5 nitrogen and oxygen atoms in total. The van der Waals surface area contributed by atoms with Crippen LogP contribution in [0.1, 0.15) is 24.0 Å². The van der Waals surface area contributed by atoms with E-state index in [9.17, 15) is 8.42 Å². The van der Waals surface area contributed by atoms with Crippen LogP contribution in [0.3, 0.4) is 0 Å². The van der Waals surface area contributed by atoms with E-state index in [1.807, 2.05) is 54.6 Å². The third-order valence-electron chi connectivity index (χ3n) is 4.82. The number of ether oxygens (including phenoxy) is 1. The fourth-order valence-corrected chi connectivity index (χ4v) is 4.62. The molecule has 3 aromatic rings. The number of rotatable bonds is 7. The Hall–Kier alpha value is -2.70. The van der Waals surface area contributed by atoms with E-state index in [-0.39, 0.29) is 0 Å². The van der Waals surface area contributed by atoms with Gasteiger partial charge in [0.15, 0.2) is 0 Å². The Bertz CT molecular complexity index is 1120. The predicted octanol–water partition coefficient (Wildman–Crippen LogP) is 3.91. The summed E-state index contributed by atoms with van der Waals surface area (Å²) in [6, 6.07) is 17.6. The highest BCUT2D eigenvalue weighted by Gasteiger charge is 2.21. The van der Waals surface area contributed by atoms with Crippen LogP contribution < -0.4 is 9.46 Å². The monoisotopic (exact) mass is 394 g/mol. The summed E-state index contributed by atoms with van der Waals surface area (Å²) in [6.07, 6.45) is 5.37. The lowest BCUT2D eigenvalue weighted by Crippen LogP contribution is -2.28. The molecule has 28 heavy (non-hydrogen) atoms. The average molecular weight is 394 g/mol. The molecule has 1 heterocycles. The molecule has 4 rings (SSSR count). The van der Waals surface area contributed by atoms with E-state index in [1.54, 1.807) is 12.3 Å². The van der Waals surface area contributed by atoms with Crippen molar-refractivity contribution in [3.05, 3.63) is 76.8 Å². The van der Waals surface area contributed by atoms with Crippen molar-refractivity contribution in [1.29, 1.82) is 0 Å². The molecule has 1 aliphatic rings. The van der Waals surface area contributed by atoms with Gasteiger partial charge in [-0.25, -0.2) is 13.1 Å². The highest BCUT2D eigenvalue weighted by molar-refractivity contribution is 7.93. The van der Waals surface area contributed by atoms with E-state index in [4.69, 9.17) is 4.74 Å². The minimum absolute atomic E-state index is 0.333. The molecule has 0 saturated carbocycles. The van der Waals surface area contributed by atoms with Crippen LogP contribution in [0.5, 0.6) is 5.75 Å². The van der Waals surface area contributed by atoms with Crippen molar-refractivity contribution in [3.63, 3.8) is 0 Å². The van der Waals surface area contributed by atoms with Gasteiger partial charge in [0.25, 0.3) is 0 Å². The summed E-state index contributed by atoms with van der Waals surface area (Å²) in [5, 5.41) is 1.02. The summed E-state index contributed by atoms with van der Waals surface area (Å²) in [5.41, 5.74) is 3.00. The quantitative estimate of drug-likeness (QED) is 0.617. The topological polar surface area (TPSA) is 68.3 Å². The zero-order chi connectivity index (χ0) is 19.4. The second-order valence-electron chi connectivity index (χ2n) is 6.74. The molecule has 0 unspecified atom stereocenters. The van der Waals surface area contributed by atoms with Crippen molar-refractivity contribution in [2.24, 2.45) is 0 Å². The number of benzene rings is 2. The number of allylic oxidation sites excluding steroid dienone is 1. The second kappa shape index (κ2) is 8.12. The van der Waals surface area contributed by atoms with Gasteiger partial charge >= 0.3 is 0 Å². The standard InChI is InChI=1S/C22H22N2O3S/c25-28(26,20-12-11-17-6-1-2-7-19(17)16-20)24-14-5-15-27-21-10-3-8-18-9-4-13-23-22(18)21/h1-4,6-10,13,16,24H,5,11-12,14-15H2. The van der Waals surface area contributed by atoms with Gasteiger partial charge in [0.05, 0.1) is 11.5 Å². The Labute approximate surface area is 165 Å². The number of hydrogen-bond donors (Lipinski definition) is 1. The molecule has 1 aliphatic carbocycles. The Morgan fingerprint density at radius 2 is 1.86 bits per heavy atom. The molecule has 0 aliphatic heterocycles. The first-order valence-corrected chi connectivity index (χ1v) is 10.9. The maximum atomic E-state index is 12.6. The van der Waals surface area contributed by atoms with Crippen molar-refractivity contribution in [2.75, 3.05) is 13.2 Å². The molecule has 6 heteroatoms. The lowest BCUT2D eigenvalue weighted by Gasteiger charge is -2.17. The van der Waals surface area contributed by atoms with Crippen LogP contribution in [0.2, 0.25) is 0 Å². The normalized spacial score (nSPS) is 13.8. The molecule has 0 spiro atoms. The molecular weight excluding hydrogens is 372 g/mol. The first-order chi connectivity index (χ1) is 13.6. The van der Waals surface area contributed by atoms with Crippen molar-refractivity contribution >= 4 is 27.0 Å². The minimum Gasteiger partial charge on any atom is -0.491 e. The number of nitrogens with one attached hydrogen (secondary N) is 1. The van der Waals surface area contributed by atoms with E-state index in [0.29, 0.717) is 36.6 Å². The molecule has 0 bridgehead atoms. The summed E-state index contributed by atoms with van der Waals surface area (Å²) >= 11 is 0. The SMILES string of the molecule is O=S(=O)(NCCCOc1cccc2cccnc12)C1=Cc2ccccc2CC1. The molecule has 0 atom stereocenters. The maximum Gasteiger partial charge on any atom is 0.236 e. The fraction of sp³-hybridized carbons (Fsp3) is 0.227. The predicted molar refractivity (Wildman–Crippen MR) is 112 cm³/mol. The van der Waals surface area contributed by atoms with Crippen LogP contribution in [-0.4, -0.2) is 26.6 Å². The van der Waals surface area contributed by atoms with E-state index >= 15 is 0 Å². The Morgan fingerprint density at radius 3 is 2.79 bits per heavy atom. The molecule has 1 N–H and O–H groups in total. The second-order valence-corrected chi connectivity index (χ2v) is 8.56. The highest BCUT2D eigenvalue weighted by Crippen LogP contribution is 2.26. The Balaban J connectivity index is 1.32. The van der Waals surface area contributed by atoms with E-state index in [0.717, 1.165) is 22.9 Å². The van der Waals surface area contributed by atoms with Crippen LogP contribution in [-0.2, 0) is 16.4 Å². The zero-order valence-electron chi connectivity index (χ0n) is 15.5. The third-order valence-corrected chi connectivity index (χ3v) is 6.42. The molecule has 0 saturated heterocycles. The fourth-order valence-electron chi connectivity index (χ4n) is 3.36.